The number of aliphatic hydroxyl groups is 1. The highest BCUT2D eigenvalue weighted by Gasteiger charge is 2.16. The summed E-state index contributed by atoms with van der Waals surface area (Å²) in [5, 5.41) is 29.8. The van der Waals surface area contributed by atoms with Gasteiger partial charge in [0.2, 0.25) is 5.91 Å². The largest absolute Gasteiger partial charge is 0.504 e. The van der Waals surface area contributed by atoms with Crippen LogP contribution in [0.2, 0.25) is 0 Å². The first-order chi connectivity index (χ1) is 7.93. The minimum absolute atomic E-state index is 0.165. The van der Waals surface area contributed by atoms with Gasteiger partial charge >= 0.3 is 0 Å². The van der Waals surface area contributed by atoms with Crippen LogP contribution < -0.4 is 11.1 Å². The number of para-hydroxylation sites is 1. The zero-order valence-corrected chi connectivity index (χ0v) is 8.75. The first kappa shape index (κ1) is 12.8. The van der Waals surface area contributed by atoms with Crippen LogP contribution in [-0.2, 0) is 4.79 Å². The van der Waals surface area contributed by atoms with Crippen molar-refractivity contribution in [1.82, 2.24) is 5.32 Å². The van der Waals surface area contributed by atoms with Gasteiger partial charge in [0.15, 0.2) is 11.5 Å². The molecule has 0 radical (unpaired) electrons. The fourth-order valence-corrected chi connectivity index (χ4v) is 1.10. The number of aliphatic hydroxyl groups excluding tert-OH is 1. The fourth-order valence-electron chi connectivity index (χ4n) is 1.10. The Morgan fingerprint density at radius 2 is 2.00 bits per heavy atom. The summed E-state index contributed by atoms with van der Waals surface area (Å²) in [4.78, 5) is 22.0. The molecule has 1 aromatic rings. The van der Waals surface area contributed by atoms with Crippen LogP contribution in [0.4, 0.5) is 0 Å². The van der Waals surface area contributed by atoms with Gasteiger partial charge in [-0.05, 0) is 12.1 Å². The van der Waals surface area contributed by atoms with Crippen molar-refractivity contribution in [2.24, 2.45) is 5.73 Å². The topological polar surface area (TPSA) is 133 Å². The third kappa shape index (κ3) is 3.08. The molecule has 1 unspecified atom stereocenters. The van der Waals surface area contributed by atoms with E-state index in [0.717, 1.165) is 0 Å². The molecule has 1 aromatic carbocycles. The van der Waals surface area contributed by atoms with Crippen LogP contribution >= 0.6 is 0 Å². The maximum atomic E-state index is 11.5. The predicted molar refractivity (Wildman–Crippen MR) is 57.3 cm³/mol. The van der Waals surface area contributed by atoms with Crippen molar-refractivity contribution < 1.29 is 24.9 Å². The van der Waals surface area contributed by atoms with E-state index in [-0.39, 0.29) is 12.1 Å². The summed E-state index contributed by atoms with van der Waals surface area (Å²) in [5.74, 6) is -2.71. The number of phenolic OH excluding ortho intramolecular Hbond substituents is 2. The molecule has 0 heterocycles. The first-order valence-corrected chi connectivity index (χ1v) is 4.70. The third-order valence-electron chi connectivity index (χ3n) is 2.04. The van der Waals surface area contributed by atoms with E-state index in [9.17, 15) is 14.7 Å². The highest BCUT2D eigenvalue weighted by molar-refractivity contribution is 5.97. The number of carbonyl (C=O) groups excluding carboxylic acids is 2. The molecule has 1 rings (SSSR count). The molecule has 0 aliphatic carbocycles. The first-order valence-electron chi connectivity index (χ1n) is 4.70. The van der Waals surface area contributed by atoms with Gasteiger partial charge in [0.05, 0.1) is 12.1 Å². The molecule has 92 valence electrons. The van der Waals surface area contributed by atoms with Gasteiger partial charge in [0.25, 0.3) is 5.91 Å². The molecule has 0 aliphatic heterocycles. The number of rotatable bonds is 4. The highest BCUT2D eigenvalue weighted by atomic mass is 16.3. The van der Waals surface area contributed by atoms with E-state index in [1.165, 1.54) is 18.2 Å². The van der Waals surface area contributed by atoms with Crippen molar-refractivity contribution in [1.29, 1.82) is 0 Å². The Bertz CT molecular complexity index is 446. The van der Waals surface area contributed by atoms with Gasteiger partial charge in [-0.1, -0.05) is 6.07 Å². The van der Waals surface area contributed by atoms with Crippen LogP contribution in [0.15, 0.2) is 18.2 Å². The second-order valence-corrected chi connectivity index (χ2v) is 3.30. The van der Waals surface area contributed by atoms with Gasteiger partial charge in [0.1, 0.15) is 6.10 Å². The van der Waals surface area contributed by atoms with Crippen LogP contribution in [-0.4, -0.2) is 39.8 Å². The molecule has 2 amide bonds. The number of nitrogens with one attached hydrogen (secondary N) is 1. The molecule has 17 heavy (non-hydrogen) atoms. The van der Waals surface area contributed by atoms with Crippen LogP contribution in [0.5, 0.6) is 11.5 Å². The normalized spacial score (nSPS) is 11.8. The molecule has 0 fully saturated rings. The molecule has 1 atom stereocenters. The summed E-state index contributed by atoms with van der Waals surface area (Å²) < 4.78 is 0. The molecular formula is C10H12N2O5. The van der Waals surface area contributed by atoms with E-state index >= 15 is 0 Å². The van der Waals surface area contributed by atoms with E-state index < -0.39 is 29.4 Å². The number of carbonyl (C=O) groups is 2. The highest BCUT2D eigenvalue weighted by Crippen LogP contribution is 2.27. The van der Waals surface area contributed by atoms with Crippen LogP contribution in [0.3, 0.4) is 0 Å². The number of primary amides is 1. The second-order valence-electron chi connectivity index (χ2n) is 3.30. The monoisotopic (exact) mass is 240 g/mol. The van der Waals surface area contributed by atoms with Crippen molar-refractivity contribution >= 4 is 11.8 Å². The SMILES string of the molecule is NC(=O)C(O)CNC(=O)c1cccc(O)c1O. The van der Waals surface area contributed by atoms with E-state index in [2.05, 4.69) is 5.32 Å². The standard InChI is InChI=1S/C10H12N2O5/c11-9(16)7(14)4-12-10(17)5-2-1-3-6(13)8(5)15/h1-3,7,13-15H,4H2,(H2,11,16)(H,12,17). The number of aromatic hydroxyl groups is 2. The fraction of sp³-hybridized carbons (Fsp3) is 0.200. The third-order valence-corrected chi connectivity index (χ3v) is 2.04. The summed E-state index contributed by atoms with van der Waals surface area (Å²) in [5.41, 5.74) is 4.62. The minimum atomic E-state index is -1.50. The molecule has 0 aliphatic rings. The molecule has 7 nitrogen and oxygen atoms in total. The van der Waals surface area contributed by atoms with Crippen molar-refractivity contribution in [2.75, 3.05) is 6.54 Å². The van der Waals surface area contributed by atoms with E-state index in [4.69, 9.17) is 15.9 Å². The number of hydrogen-bond donors (Lipinski definition) is 5. The summed E-state index contributed by atoms with van der Waals surface area (Å²) >= 11 is 0. The Morgan fingerprint density at radius 3 is 2.59 bits per heavy atom. The number of amides is 2. The molecule has 7 heteroatoms. The maximum Gasteiger partial charge on any atom is 0.255 e. The van der Waals surface area contributed by atoms with Gasteiger partial charge in [-0.2, -0.15) is 0 Å². The van der Waals surface area contributed by atoms with Crippen molar-refractivity contribution in [2.45, 2.75) is 6.10 Å². The van der Waals surface area contributed by atoms with Gasteiger partial charge < -0.3 is 26.4 Å². The lowest BCUT2D eigenvalue weighted by Crippen LogP contribution is -2.39. The molecule has 0 bridgehead atoms. The van der Waals surface area contributed by atoms with Crippen molar-refractivity contribution in [3.8, 4) is 11.5 Å². The number of hydrogen-bond acceptors (Lipinski definition) is 5. The van der Waals surface area contributed by atoms with Gasteiger partial charge in [-0.15, -0.1) is 0 Å². The summed E-state index contributed by atoms with van der Waals surface area (Å²) in [6, 6.07) is 3.86. The summed E-state index contributed by atoms with van der Waals surface area (Å²) in [7, 11) is 0. The zero-order chi connectivity index (χ0) is 13.0. The Labute approximate surface area is 96.5 Å². The Hall–Kier alpha value is -2.28. The molecule has 0 saturated carbocycles. The lowest BCUT2D eigenvalue weighted by Gasteiger charge is -2.09. The number of nitrogens with two attached hydrogens (primary N) is 1. The average molecular weight is 240 g/mol. The summed E-state index contributed by atoms with van der Waals surface area (Å²) in [6.45, 7) is -0.372. The Morgan fingerprint density at radius 1 is 1.35 bits per heavy atom. The molecular weight excluding hydrogens is 228 g/mol. The average Bonchev–Trinajstić information content (AvgIpc) is 2.29. The minimum Gasteiger partial charge on any atom is -0.504 e. The van der Waals surface area contributed by atoms with Gasteiger partial charge in [-0.25, -0.2) is 0 Å². The van der Waals surface area contributed by atoms with E-state index in [1.54, 1.807) is 0 Å². The van der Waals surface area contributed by atoms with Crippen LogP contribution in [0.1, 0.15) is 10.4 Å². The molecule has 0 aromatic heterocycles. The smallest absolute Gasteiger partial charge is 0.255 e. The molecule has 0 saturated heterocycles. The quantitative estimate of drug-likeness (QED) is 0.416. The summed E-state index contributed by atoms with van der Waals surface area (Å²) in [6.07, 6.45) is -1.50. The Balaban J connectivity index is 2.71. The van der Waals surface area contributed by atoms with Crippen molar-refractivity contribution in [3.05, 3.63) is 23.8 Å². The zero-order valence-electron chi connectivity index (χ0n) is 8.75. The van der Waals surface area contributed by atoms with E-state index in [1.807, 2.05) is 0 Å². The molecule has 6 N–H and O–H groups in total. The second kappa shape index (κ2) is 5.17. The van der Waals surface area contributed by atoms with Crippen molar-refractivity contribution in [3.63, 3.8) is 0 Å². The predicted octanol–water partition coefficient (Wildman–Crippen LogP) is -1.33. The van der Waals surface area contributed by atoms with Gasteiger partial charge in [0, 0.05) is 0 Å². The lowest BCUT2D eigenvalue weighted by molar-refractivity contribution is -0.125. The Kier molecular flexibility index (Phi) is 3.89. The number of benzene rings is 1. The van der Waals surface area contributed by atoms with E-state index in [0.29, 0.717) is 0 Å². The van der Waals surface area contributed by atoms with Crippen LogP contribution in [0.25, 0.3) is 0 Å². The number of phenols is 2. The lowest BCUT2D eigenvalue weighted by atomic mass is 10.1. The van der Waals surface area contributed by atoms with Gasteiger partial charge in [-0.3, -0.25) is 9.59 Å². The maximum absolute atomic E-state index is 11.5. The molecule has 0 spiro atoms. The van der Waals surface area contributed by atoms with Crippen LogP contribution in [0, 0.1) is 0 Å².